The lowest BCUT2D eigenvalue weighted by Crippen LogP contribution is -1.71. The number of nitrogens with zero attached hydrogens (tertiary/aromatic N) is 2. The highest BCUT2D eigenvalue weighted by molar-refractivity contribution is 9.11. The molecule has 0 amide bonds. The van der Waals surface area contributed by atoms with Gasteiger partial charge in [0.05, 0.1) is 15.5 Å². The molecule has 0 unspecified atom stereocenters. The average Bonchev–Trinajstić information content (AvgIpc) is 3.28. The van der Waals surface area contributed by atoms with Crippen molar-refractivity contribution in [3.8, 4) is 9.75 Å². The predicted molar refractivity (Wildman–Crippen MR) is 107 cm³/mol. The summed E-state index contributed by atoms with van der Waals surface area (Å²) in [5.74, 6) is 0. The van der Waals surface area contributed by atoms with Gasteiger partial charge in [0.15, 0.2) is 0 Å². The maximum Gasteiger partial charge on any atom is 0.104 e. The van der Waals surface area contributed by atoms with Crippen LogP contribution in [0.5, 0.6) is 0 Å². The van der Waals surface area contributed by atoms with Gasteiger partial charge in [0.25, 0.3) is 0 Å². The summed E-state index contributed by atoms with van der Waals surface area (Å²) in [6.45, 7) is 3.74. The Balaban J connectivity index is 0.000000149. The number of benzene rings is 1. The number of fused-ring (bicyclic) bond motifs is 1. The molecule has 0 fully saturated rings. The Morgan fingerprint density at radius 3 is 2.39 bits per heavy atom. The van der Waals surface area contributed by atoms with E-state index >= 15 is 0 Å². The Labute approximate surface area is 155 Å². The zero-order valence-corrected chi connectivity index (χ0v) is 16.1. The van der Waals surface area contributed by atoms with Crippen LogP contribution in [-0.2, 0) is 6.42 Å². The molecule has 116 valence electrons. The third-order valence-electron chi connectivity index (χ3n) is 3.01. The number of allylic oxidation sites excluding steroid dienone is 1. The first kappa shape index (κ1) is 16.5. The van der Waals surface area contributed by atoms with Gasteiger partial charge in [-0.25, -0.2) is 0 Å². The first-order valence-electron chi connectivity index (χ1n) is 6.87. The Bertz CT molecular complexity index is 877. The van der Waals surface area contributed by atoms with Gasteiger partial charge in [0.2, 0.25) is 0 Å². The fraction of sp³-hybridized carbons (Fsp3) is 0.0588. The molecule has 0 bridgehead atoms. The lowest BCUT2D eigenvalue weighted by molar-refractivity contribution is 1.31. The van der Waals surface area contributed by atoms with Crippen LogP contribution in [0.1, 0.15) is 5.56 Å². The van der Waals surface area contributed by atoms with Crippen molar-refractivity contribution in [2.45, 2.75) is 6.42 Å². The molecular formula is C17H13BrN2S3. The van der Waals surface area contributed by atoms with Crippen molar-refractivity contribution in [1.82, 2.24) is 8.75 Å². The lowest BCUT2D eigenvalue weighted by Gasteiger charge is -1.88. The number of hydrogen-bond donors (Lipinski definition) is 0. The molecule has 1 aromatic carbocycles. The van der Waals surface area contributed by atoms with Gasteiger partial charge in [-0.3, -0.25) is 0 Å². The van der Waals surface area contributed by atoms with Crippen molar-refractivity contribution in [2.75, 3.05) is 0 Å². The van der Waals surface area contributed by atoms with E-state index < -0.39 is 0 Å². The third-order valence-corrected chi connectivity index (χ3v) is 6.37. The van der Waals surface area contributed by atoms with Crippen LogP contribution in [0.4, 0.5) is 0 Å². The molecule has 0 saturated heterocycles. The summed E-state index contributed by atoms with van der Waals surface area (Å²) in [5, 5.41) is 2.20. The number of halogens is 1. The number of hydrogen-bond acceptors (Lipinski definition) is 5. The quantitative estimate of drug-likeness (QED) is 0.346. The number of thiophene rings is 2. The Morgan fingerprint density at radius 2 is 1.78 bits per heavy atom. The van der Waals surface area contributed by atoms with Gasteiger partial charge in [0.1, 0.15) is 11.0 Å². The normalized spacial score (nSPS) is 10.3. The van der Waals surface area contributed by atoms with E-state index in [1.807, 2.05) is 30.3 Å². The van der Waals surface area contributed by atoms with Crippen LogP contribution in [0.15, 0.2) is 64.3 Å². The molecule has 3 heterocycles. The van der Waals surface area contributed by atoms with Crippen molar-refractivity contribution in [3.63, 3.8) is 0 Å². The van der Waals surface area contributed by atoms with Gasteiger partial charge >= 0.3 is 0 Å². The van der Waals surface area contributed by atoms with Crippen molar-refractivity contribution < 1.29 is 0 Å². The minimum Gasteiger partial charge on any atom is -0.173 e. The maximum absolute atomic E-state index is 4.05. The first-order chi connectivity index (χ1) is 11.3. The van der Waals surface area contributed by atoms with Gasteiger partial charge in [-0.05, 0) is 63.6 Å². The van der Waals surface area contributed by atoms with Crippen LogP contribution in [-0.4, -0.2) is 8.75 Å². The number of rotatable bonds is 3. The molecule has 0 aliphatic carbocycles. The smallest absolute Gasteiger partial charge is 0.104 e. The number of aromatic nitrogens is 2. The van der Waals surface area contributed by atoms with Gasteiger partial charge in [0, 0.05) is 9.75 Å². The van der Waals surface area contributed by atoms with Crippen molar-refractivity contribution in [1.29, 1.82) is 0 Å². The maximum atomic E-state index is 4.05. The highest BCUT2D eigenvalue weighted by Crippen LogP contribution is 2.35. The second-order valence-electron chi connectivity index (χ2n) is 4.67. The van der Waals surface area contributed by atoms with E-state index in [9.17, 15) is 0 Å². The zero-order valence-electron chi connectivity index (χ0n) is 12.1. The Hall–Kier alpha value is -1.34. The predicted octanol–water partition coefficient (Wildman–Crippen LogP) is 6.66. The van der Waals surface area contributed by atoms with Crippen LogP contribution in [0, 0.1) is 0 Å². The summed E-state index contributed by atoms with van der Waals surface area (Å²) in [6, 6.07) is 14.3. The monoisotopic (exact) mass is 420 g/mol. The summed E-state index contributed by atoms with van der Waals surface area (Å²) >= 11 is 8.30. The molecule has 23 heavy (non-hydrogen) atoms. The van der Waals surface area contributed by atoms with E-state index in [-0.39, 0.29) is 0 Å². The second-order valence-corrected chi connectivity index (χ2v) is 8.57. The van der Waals surface area contributed by atoms with E-state index in [1.165, 1.54) is 30.8 Å². The van der Waals surface area contributed by atoms with Crippen LogP contribution in [0.3, 0.4) is 0 Å². The van der Waals surface area contributed by atoms with E-state index in [0.29, 0.717) is 0 Å². The van der Waals surface area contributed by atoms with Crippen molar-refractivity contribution >= 4 is 61.4 Å². The van der Waals surface area contributed by atoms with Crippen LogP contribution < -0.4 is 0 Å². The highest BCUT2D eigenvalue weighted by atomic mass is 79.9. The van der Waals surface area contributed by atoms with E-state index in [1.54, 1.807) is 22.7 Å². The van der Waals surface area contributed by atoms with Crippen molar-refractivity contribution in [3.05, 3.63) is 69.8 Å². The summed E-state index contributed by atoms with van der Waals surface area (Å²) in [6.07, 6.45) is 2.90. The summed E-state index contributed by atoms with van der Waals surface area (Å²) in [5.41, 5.74) is 3.33. The fourth-order valence-electron chi connectivity index (χ4n) is 1.95. The molecule has 0 saturated carbocycles. The molecule has 4 rings (SSSR count). The van der Waals surface area contributed by atoms with Gasteiger partial charge in [-0.15, -0.1) is 29.3 Å². The molecule has 0 N–H and O–H groups in total. The largest absolute Gasteiger partial charge is 0.173 e. The molecule has 4 aromatic rings. The first-order valence-corrected chi connectivity index (χ1v) is 10.1. The van der Waals surface area contributed by atoms with E-state index in [4.69, 9.17) is 0 Å². The van der Waals surface area contributed by atoms with Crippen LogP contribution in [0.25, 0.3) is 20.8 Å². The Morgan fingerprint density at radius 1 is 1.04 bits per heavy atom. The van der Waals surface area contributed by atoms with Crippen LogP contribution >= 0.6 is 50.3 Å². The zero-order chi connectivity index (χ0) is 16.1. The van der Waals surface area contributed by atoms with E-state index in [2.05, 4.69) is 54.8 Å². The van der Waals surface area contributed by atoms with Crippen molar-refractivity contribution in [2.24, 2.45) is 0 Å². The summed E-state index contributed by atoms with van der Waals surface area (Å²) < 4.78 is 9.28. The standard InChI is InChI=1S/C11H9BrS2.C6H4N2S/c1-2-3-8-6-10(13-7-8)9-4-5-11(12)14-9;1-2-4-6-5(3-1)7-9-8-6/h2,4-7H,1,3H2;1-4H. The minimum atomic E-state index is 0.961. The molecule has 0 aliphatic heterocycles. The lowest BCUT2D eigenvalue weighted by atomic mass is 10.2. The molecule has 2 nitrogen and oxygen atoms in total. The van der Waals surface area contributed by atoms with Crippen LogP contribution in [0.2, 0.25) is 0 Å². The Kier molecular flexibility index (Phi) is 5.72. The third kappa shape index (κ3) is 4.35. The molecule has 6 heteroatoms. The molecule has 0 atom stereocenters. The highest BCUT2D eigenvalue weighted by Gasteiger charge is 2.04. The molecule has 0 spiro atoms. The van der Waals surface area contributed by atoms with Gasteiger partial charge in [-0.2, -0.15) is 8.75 Å². The van der Waals surface area contributed by atoms with Gasteiger partial charge in [-0.1, -0.05) is 18.2 Å². The SMILES string of the molecule is C=CCc1csc(-c2ccc(Br)s2)c1.c1ccc2nsnc2c1. The second kappa shape index (κ2) is 7.97. The molecule has 0 radical (unpaired) electrons. The topological polar surface area (TPSA) is 25.8 Å². The summed E-state index contributed by atoms with van der Waals surface area (Å²) in [7, 11) is 0. The summed E-state index contributed by atoms with van der Waals surface area (Å²) in [4.78, 5) is 2.68. The van der Waals surface area contributed by atoms with Gasteiger partial charge < -0.3 is 0 Å². The van der Waals surface area contributed by atoms with E-state index in [0.717, 1.165) is 17.5 Å². The molecule has 0 aliphatic rings. The average molecular weight is 421 g/mol. The molecule has 3 aromatic heterocycles. The molecular weight excluding hydrogens is 408 g/mol. The fourth-order valence-corrected chi connectivity index (χ4v) is 4.89. The minimum absolute atomic E-state index is 0.961.